The van der Waals surface area contributed by atoms with E-state index < -0.39 is 6.10 Å². The third-order valence-corrected chi connectivity index (χ3v) is 2.54. The van der Waals surface area contributed by atoms with Gasteiger partial charge in [0, 0.05) is 18.5 Å². The van der Waals surface area contributed by atoms with Gasteiger partial charge in [0.15, 0.2) is 0 Å². The van der Waals surface area contributed by atoms with Crippen LogP contribution in [0.3, 0.4) is 0 Å². The molecule has 1 rings (SSSR count). The summed E-state index contributed by atoms with van der Waals surface area (Å²) in [6, 6.07) is 0. The van der Waals surface area contributed by atoms with E-state index in [1.165, 1.54) is 0 Å². The molecule has 0 saturated carbocycles. The molecule has 0 aromatic rings. The molecule has 1 atom stereocenters. The smallest absolute Gasteiger partial charge is 0.0897 e. The second-order valence-corrected chi connectivity index (χ2v) is 6.01. The molecule has 0 aliphatic carbocycles. The van der Waals surface area contributed by atoms with E-state index in [-0.39, 0.29) is 11.0 Å². The van der Waals surface area contributed by atoms with Crippen molar-refractivity contribution >= 4 is 0 Å². The Labute approximate surface area is 98.3 Å². The van der Waals surface area contributed by atoms with Crippen molar-refractivity contribution in [2.24, 2.45) is 5.41 Å². The molecule has 1 saturated heterocycles. The lowest BCUT2D eigenvalue weighted by Gasteiger charge is -2.38. The van der Waals surface area contributed by atoms with Gasteiger partial charge in [-0.15, -0.1) is 0 Å². The van der Waals surface area contributed by atoms with Crippen molar-refractivity contribution in [1.29, 1.82) is 0 Å². The molecule has 0 radical (unpaired) electrons. The van der Waals surface area contributed by atoms with Crippen LogP contribution in [0.2, 0.25) is 0 Å². The standard InChI is InChI=1S/C12H25NO3/c1-11(2,3)16-6-10(14)5-13-7-12(4)8-15-9-12/h10,13-14H,5-9H2,1-4H3. The van der Waals surface area contributed by atoms with Gasteiger partial charge in [0.2, 0.25) is 0 Å². The normalized spacial score (nSPS) is 21.6. The van der Waals surface area contributed by atoms with E-state index in [2.05, 4.69) is 12.2 Å². The fourth-order valence-corrected chi connectivity index (χ4v) is 1.50. The lowest BCUT2D eigenvalue weighted by molar-refractivity contribution is -0.101. The summed E-state index contributed by atoms with van der Waals surface area (Å²) in [4.78, 5) is 0. The van der Waals surface area contributed by atoms with E-state index in [9.17, 15) is 5.11 Å². The third-order valence-electron chi connectivity index (χ3n) is 2.54. The van der Waals surface area contributed by atoms with Crippen LogP contribution in [0, 0.1) is 5.41 Å². The highest BCUT2D eigenvalue weighted by molar-refractivity contribution is 4.83. The molecule has 2 N–H and O–H groups in total. The van der Waals surface area contributed by atoms with Crippen LogP contribution in [0.5, 0.6) is 0 Å². The third kappa shape index (κ3) is 5.25. The van der Waals surface area contributed by atoms with E-state index in [1.807, 2.05) is 20.8 Å². The van der Waals surface area contributed by atoms with Gasteiger partial charge >= 0.3 is 0 Å². The highest BCUT2D eigenvalue weighted by atomic mass is 16.5. The Bertz CT molecular complexity index is 209. The van der Waals surface area contributed by atoms with Crippen molar-refractivity contribution in [3.63, 3.8) is 0 Å². The van der Waals surface area contributed by atoms with Gasteiger partial charge in [0.05, 0.1) is 31.5 Å². The average Bonchev–Trinajstić information content (AvgIpc) is 2.11. The van der Waals surface area contributed by atoms with Gasteiger partial charge in [0.25, 0.3) is 0 Å². The summed E-state index contributed by atoms with van der Waals surface area (Å²) in [5.41, 5.74) is 0.0688. The topological polar surface area (TPSA) is 50.7 Å². The van der Waals surface area contributed by atoms with E-state index in [0.29, 0.717) is 13.2 Å². The maximum Gasteiger partial charge on any atom is 0.0897 e. The Balaban J connectivity index is 2.04. The van der Waals surface area contributed by atoms with Gasteiger partial charge in [-0.25, -0.2) is 0 Å². The summed E-state index contributed by atoms with van der Waals surface area (Å²) in [6.07, 6.45) is -0.441. The van der Waals surface area contributed by atoms with E-state index in [4.69, 9.17) is 9.47 Å². The fraction of sp³-hybridized carbons (Fsp3) is 1.00. The lowest BCUT2D eigenvalue weighted by atomic mass is 9.89. The van der Waals surface area contributed by atoms with E-state index >= 15 is 0 Å². The molecule has 0 amide bonds. The first-order chi connectivity index (χ1) is 7.31. The maximum absolute atomic E-state index is 9.68. The average molecular weight is 231 g/mol. The first-order valence-electron chi connectivity index (χ1n) is 5.91. The maximum atomic E-state index is 9.68. The summed E-state index contributed by atoms with van der Waals surface area (Å²) < 4.78 is 10.7. The van der Waals surface area contributed by atoms with Crippen LogP contribution in [-0.4, -0.2) is 49.7 Å². The molecule has 1 unspecified atom stereocenters. The van der Waals surface area contributed by atoms with Crippen molar-refractivity contribution in [2.75, 3.05) is 32.9 Å². The molecule has 0 aromatic heterocycles. The van der Waals surface area contributed by atoms with Crippen LogP contribution >= 0.6 is 0 Å². The number of aliphatic hydroxyl groups is 1. The summed E-state index contributed by atoms with van der Waals surface area (Å²) >= 11 is 0. The highest BCUT2D eigenvalue weighted by Crippen LogP contribution is 2.24. The van der Waals surface area contributed by atoms with Crippen LogP contribution in [0.4, 0.5) is 0 Å². The first-order valence-corrected chi connectivity index (χ1v) is 5.91. The largest absolute Gasteiger partial charge is 0.389 e. The van der Waals surface area contributed by atoms with Crippen molar-refractivity contribution in [3.8, 4) is 0 Å². The Morgan fingerprint density at radius 2 is 2.06 bits per heavy atom. The van der Waals surface area contributed by atoms with Gasteiger partial charge in [-0.2, -0.15) is 0 Å². The molecular weight excluding hydrogens is 206 g/mol. The Morgan fingerprint density at radius 1 is 1.44 bits per heavy atom. The monoisotopic (exact) mass is 231 g/mol. The Hall–Kier alpha value is -0.160. The lowest BCUT2D eigenvalue weighted by Crippen LogP contribution is -2.48. The van der Waals surface area contributed by atoms with Crippen molar-refractivity contribution < 1.29 is 14.6 Å². The molecule has 1 aliphatic rings. The molecular formula is C12H25NO3. The molecule has 0 spiro atoms. The molecule has 96 valence electrons. The molecule has 1 heterocycles. The first kappa shape index (κ1) is 13.9. The van der Waals surface area contributed by atoms with Crippen molar-refractivity contribution in [1.82, 2.24) is 5.32 Å². The minimum absolute atomic E-state index is 0.186. The fourth-order valence-electron chi connectivity index (χ4n) is 1.50. The molecule has 4 nitrogen and oxygen atoms in total. The zero-order valence-electron chi connectivity index (χ0n) is 10.9. The molecule has 1 aliphatic heterocycles. The minimum atomic E-state index is -0.441. The van der Waals surface area contributed by atoms with Gasteiger partial charge < -0.3 is 19.9 Å². The van der Waals surface area contributed by atoms with Crippen LogP contribution < -0.4 is 5.32 Å². The summed E-state index contributed by atoms with van der Waals surface area (Å²) in [6.45, 7) is 11.6. The number of nitrogens with one attached hydrogen (secondary N) is 1. The Kier molecular flexibility index (Phi) is 4.73. The van der Waals surface area contributed by atoms with Crippen molar-refractivity contribution in [2.45, 2.75) is 39.4 Å². The van der Waals surface area contributed by atoms with Crippen LogP contribution in [0.1, 0.15) is 27.7 Å². The van der Waals surface area contributed by atoms with Gasteiger partial charge in [-0.05, 0) is 20.8 Å². The predicted molar refractivity (Wildman–Crippen MR) is 63.5 cm³/mol. The van der Waals surface area contributed by atoms with Gasteiger partial charge in [-0.1, -0.05) is 6.92 Å². The quantitative estimate of drug-likeness (QED) is 0.709. The number of hydrogen-bond acceptors (Lipinski definition) is 4. The summed E-state index contributed by atoms with van der Waals surface area (Å²) in [5.74, 6) is 0. The summed E-state index contributed by atoms with van der Waals surface area (Å²) in [7, 11) is 0. The van der Waals surface area contributed by atoms with Crippen LogP contribution in [0.15, 0.2) is 0 Å². The highest BCUT2D eigenvalue weighted by Gasteiger charge is 2.32. The molecule has 0 bridgehead atoms. The SMILES string of the molecule is CC1(CNCC(O)COC(C)(C)C)COC1. The molecule has 16 heavy (non-hydrogen) atoms. The number of rotatable bonds is 6. The number of ether oxygens (including phenoxy) is 2. The molecule has 0 aromatic carbocycles. The zero-order valence-corrected chi connectivity index (χ0v) is 10.9. The predicted octanol–water partition coefficient (Wildman–Crippen LogP) is 0.788. The molecule has 1 fully saturated rings. The van der Waals surface area contributed by atoms with E-state index in [0.717, 1.165) is 19.8 Å². The zero-order chi connectivity index (χ0) is 12.2. The van der Waals surface area contributed by atoms with Crippen LogP contribution in [0.25, 0.3) is 0 Å². The Morgan fingerprint density at radius 3 is 2.50 bits per heavy atom. The van der Waals surface area contributed by atoms with Gasteiger partial charge in [-0.3, -0.25) is 0 Å². The number of aliphatic hydroxyl groups excluding tert-OH is 1. The van der Waals surface area contributed by atoms with Crippen molar-refractivity contribution in [3.05, 3.63) is 0 Å². The van der Waals surface area contributed by atoms with E-state index in [1.54, 1.807) is 0 Å². The summed E-state index contributed by atoms with van der Waals surface area (Å²) in [5, 5.41) is 12.9. The second-order valence-electron chi connectivity index (χ2n) is 6.01. The second kappa shape index (κ2) is 5.45. The minimum Gasteiger partial charge on any atom is -0.389 e. The molecule has 4 heteroatoms. The van der Waals surface area contributed by atoms with Crippen LogP contribution in [-0.2, 0) is 9.47 Å². The number of hydrogen-bond donors (Lipinski definition) is 2. The van der Waals surface area contributed by atoms with Gasteiger partial charge in [0.1, 0.15) is 0 Å².